The van der Waals surface area contributed by atoms with Gasteiger partial charge in [0.1, 0.15) is 11.9 Å². The minimum Gasteiger partial charge on any atom is -0.336 e. The van der Waals surface area contributed by atoms with Crippen LogP contribution in [-0.4, -0.2) is 64.5 Å². The first kappa shape index (κ1) is 15.0. The molecule has 0 radical (unpaired) electrons. The molecule has 1 saturated heterocycles. The predicted octanol–water partition coefficient (Wildman–Crippen LogP) is 0.235. The average Bonchev–Trinajstić information content (AvgIpc) is 2.90. The van der Waals surface area contributed by atoms with Crippen LogP contribution in [0.3, 0.4) is 0 Å². The van der Waals surface area contributed by atoms with Crippen LogP contribution in [0.5, 0.6) is 0 Å². The van der Waals surface area contributed by atoms with Crippen molar-refractivity contribution in [3.63, 3.8) is 0 Å². The van der Waals surface area contributed by atoms with Crippen LogP contribution < -0.4 is 5.32 Å². The van der Waals surface area contributed by atoms with Gasteiger partial charge in [0.25, 0.3) is 0 Å². The highest BCUT2D eigenvalue weighted by Crippen LogP contribution is 2.20. The highest BCUT2D eigenvalue weighted by atomic mass is 16.2. The summed E-state index contributed by atoms with van der Waals surface area (Å²) in [6.07, 6.45) is 3.72. The molecule has 1 aromatic rings. The van der Waals surface area contributed by atoms with Gasteiger partial charge in [0.2, 0.25) is 5.91 Å². The molecule has 0 aliphatic carbocycles. The second-order valence-electron chi connectivity index (χ2n) is 5.16. The third kappa shape index (κ3) is 3.19. The summed E-state index contributed by atoms with van der Waals surface area (Å²) < 4.78 is 2.00. The lowest BCUT2D eigenvalue weighted by atomic mass is 10.1. The number of piperazine rings is 1. The first-order chi connectivity index (χ1) is 9.67. The molecule has 0 spiro atoms. The molecule has 1 amide bonds. The summed E-state index contributed by atoms with van der Waals surface area (Å²) in [6.45, 7) is 8.85. The molecular formula is C14H25N5O. The van der Waals surface area contributed by atoms with Gasteiger partial charge in [-0.25, -0.2) is 4.98 Å². The minimum absolute atomic E-state index is 0.0341. The molecule has 1 N–H and O–H groups in total. The lowest BCUT2D eigenvalue weighted by Gasteiger charge is -2.36. The molecule has 1 atom stereocenters. The standard InChI is InChI=1S/C14H25N5O/c1-4-18(5-2)11-13(20)19-9-6-15-10-12(19)14-16-7-8-17(14)3/h7-8,12,15H,4-6,9-11H2,1-3H3. The van der Waals surface area contributed by atoms with E-state index >= 15 is 0 Å². The number of imidazole rings is 1. The van der Waals surface area contributed by atoms with Gasteiger partial charge in [0.15, 0.2) is 0 Å². The van der Waals surface area contributed by atoms with Crippen LogP contribution in [-0.2, 0) is 11.8 Å². The Hall–Kier alpha value is -1.40. The number of carbonyl (C=O) groups is 1. The van der Waals surface area contributed by atoms with Crippen LogP contribution >= 0.6 is 0 Å². The van der Waals surface area contributed by atoms with Crippen molar-refractivity contribution in [2.45, 2.75) is 19.9 Å². The second-order valence-corrected chi connectivity index (χ2v) is 5.16. The molecule has 1 fully saturated rings. The molecule has 0 aromatic carbocycles. The normalized spacial score (nSPS) is 19.6. The van der Waals surface area contributed by atoms with Gasteiger partial charge in [-0.2, -0.15) is 0 Å². The third-order valence-corrected chi connectivity index (χ3v) is 3.97. The lowest BCUT2D eigenvalue weighted by Crippen LogP contribution is -2.52. The number of likely N-dealkylation sites (N-methyl/N-ethyl adjacent to an activating group) is 1. The number of carbonyl (C=O) groups excluding carboxylic acids is 1. The Balaban J connectivity index is 2.11. The largest absolute Gasteiger partial charge is 0.336 e. The van der Waals surface area contributed by atoms with Crippen LogP contribution in [0.2, 0.25) is 0 Å². The van der Waals surface area contributed by atoms with E-state index in [1.165, 1.54) is 0 Å². The van der Waals surface area contributed by atoms with E-state index in [1.54, 1.807) is 6.20 Å². The second kappa shape index (κ2) is 6.85. The van der Waals surface area contributed by atoms with Crippen molar-refractivity contribution in [2.75, 3.05) is 39.3 Å². The smallest absolute Gasteiger partial charge is 0.237 e. The van der Waals surface area contributed by atoms with Crippen molar-refractivity contribution in [1.82, 2.24) is 24.7 Å². The Morgan fingerprint density at radius 3 is 2.85 bits per heavy atom. The zero-order chi connectivity index (χ0) is 14.5. The Morgan fingerprint density at radius 1 is 1.50 bits per heavy atom. The summed E-state index contributed by atoms with van der Waals surface area (Å²) >= 11 is 0. The van der Waals surface area contributed by atoms with E-state index in [-0.39, 0.29) is 11.9 Å². The van der Waals surface area contributed by atoms with Crippen molar-refractivity contribution in [3.8, 4) is 0 Å². The van der Waals surface area contributed by atoms with Gasteiger partial charge in [-0.15, -0.1) is 0 Å². The van der Waals surface area contributed by atoms with E-state index < -0.39 is 0 Å². The molecule has 0 bridgehead atoms. The van der Waals surface area contributed by atoms with E-state index in [2.05, 4.69) is 29.0 Å². The Bertz CT molecular complexity index is 441. The van der Waals surface area contributed by atoms with Gasteiger partial charge in [0, 0.05) is 39.1 Å². The predicted molar refractivity (Wildman–Crippen MR) is 78.3 cm³/mol. The van der Waals surface area contributed by atoms with Gasteiger partial charge in [-0.05, 0) is 13.1 Å². The Morgan fingerprint density at radius 2 is 2.25 bits per heavy atom. The van der Waals surface area contributed by atoms with E-state index in [9.17, 15) is 4.79 Å². The zero-order valence-corrected chi connectivity index (χ0v) is 12.7. The van der Waals surface area contributed by atoms with Crippen molar-refractivity contribution < 1.29 is 4.79 Å². The van der Waals surface area contributed by atoms with Crippen molar-refractivity contribution in [2.24, 2.45) is 7.05 Å². The van der Waals surface area contributed by atoms with Crippen LogP contribution in [0, 0.1) is 0 Å². The third-order valence-electron chi connectivity index (χ3n) is 3.97. The SMILES string of the molecule is CCN(CC)CC(=O)N1CCNCC1c1nccn1C. The Labute approximate surface area is 120 Å². The first-order valence-corrected chi connectivity index (χ1v) is 7.37. The summed E-state index contributed by atoms with van der Waals surface area (Å²) in [5.74, 6) is 1.15. The van der Waals surface area contributed by atoms with Crippen LogP contribution in [0.4, 0.5) is 0 Å². The number of aryl methyl sites for hydroxylation is 1. The summed E-state index contributed by atoms with van der Waals surface area (Å²) in [4.78, 5) is 21.1. The Kier molecular flexibility index (Phi) is 5.14. The summed E-state index contributed by atoms with van der Waals surface area (Å²) in [7, 11) is 1.98. The van der Waals surface area contributed by atoms with E-state index in [1.807, 2.05) is 22.7 Å². The van der Waals surface area contributed by atoms with Crippen LogP contribution in [0.15, 0.2) is 12.4 Å². The van der Waals surface area contributed by atoms with E-state index in [0.717, 1.165) is 38.5 Å². The molecule has 2 heterocycles. The molecule has 6 heteroatoms. The highest BCUT2D eigenvalue weighted by molar-refractivity contribution is 5.78. The van der Waals surface area contributed by atoms with Crippen molar-refractivity contribution >= 4 is 5.91 Å². The molecule has 2 rings (SSSR count). The number of rotatable bonds is 5. The average molecular weight is 279 g/mol. The molecular weight excluding hydrogens is 254 g/mol. The fourth-order valence-corrected chi connectivity index (χ4v) is 2.66. The molecule has 112 valence electrons. The monoisotopic (exact) mass is 279 g/mol. The highest BCUT2D eigenvalue weighted by Gasteiger charge is 2.30. The molecule has 1 aromatic heterocycles. The quantitative estimate of drug-likeness (QED) is 0.838. The number of hydrogen-bond donors (Lipinski definition) is 1. The number of nitrogens with zero attached hydrogens (tertiary/aromatic N) is 4. The maximum atomic E-state index is 12.6. The maximum Gasteiger partial charge on any atom is 0.237 e. The summed E-state index contributed by atoms with van der Waals surface area (Å²) in [5, 5.41) is 3.36. The summed E-state index contributed by atoms with van der Waals surface area (Å²) in [6, 6.07) is 0.0341. The van der Waals surface area contributed by atoms with Gasteiger partial charge < -0.3 is 14.8 Å². The molecule has 0 saturated carbocycles. The van der Waals surface area contributed by atoms with E-state index in [0.29, 0.717) is 6.54 Å². The topological polar surface area (TPSA) is 53.4 Å². The number of aromatic nitrogens is 2. The van der Waals surface area contributed by atoms with Gasteiger partial charge in [-0.1, -0.05) is 13.8 Å². The summed E-state index contributed by atoms with van der Waals surface area (Å²) in [5.41, 5.74) is 0. The number of amides is 1. The molecule has 20 heavy (non-hydrogen) atoms. The molecule has 1 unspecified atom stereocenters. The maximum absolute atomic E-state index is 12.6. The first-order valence-electron chi connectivity index (χ1n) is 7.37. The van der Waals surface area contributed by atoms with Gasteiger partial charge in [-0.3, -0.25) is 9.69 Å². The van der Waals surface area contributed by atoms with E-state index in [4.69, 9.17) is 0 Å². The fraction of sp³-hybridized carbons (Fsp3) is 0.714. The van der Waals surface area contributed by atoms with Crippen molar-refractivity contribution in [1.29, 1.82) is 0 Å². The fourth-order valence-electron chi connectivity index (χ4n) is 2.66. The van der Waals surface area contributed by atoms with Crippen molar-refractivity contribution in [3.05, 3.63) is 18.2 Å². The number of nitrogens with one attached hydrogen (secondary N) is 1. The lowest BCUT2D eigenvalue weighted by molar-refractivity contribution is -0.136. The minimum atomic E-state index is 0.0341. The van der Waals surface area contributed by atoms with Crippen LogP contribution in [0.25, 0.3) is 0 Å². The zero-order valence-electron chi connectivity index (χ0n) is 12.7. The molecule has 1 aliphatic rings. The van der Waals surface area contributed by atoms with Gasteiger partial charge >= 0.3 is 0 Å². The molecule has 6 nitrogen and oxygen atoms in total. The van der Waals surface area contributed by atoms with Gasteiger partial charge in [0.05, 0.1) is 6.54 Å². The number of hydrogen-bond acceptors (Lipinski definition) is 4. The molecule has 1 aliphatic heterocycles. The van der Waals surface area contributed by atoms with Crippen LogP contribution in [0.1, 0.15) is 25.7 Å².